The van der Waals surface area contributed by atoms with Gasteiger partial charge in [-0.3, -0.25) is 4.79 Å². The van der Waals surface area contributed by atoms with Gasteiger partial charge in [-0.05, 0) is 29.9 Å². The van der Waals surface area contributed by atoms with Crippen LogP contribution in [0.2, 0.25) is 5.15 Å². The Morgan fingerprint density at radius 3 is 2.44 bits per heavy atom. The molecule has 0 aromatic carbocycles. The lowest BCUT2D eigenvalue weighted by Gasteiger charge is -2.11. The Labute approximate surface area is 204 Å². The number of aromatic nitrogens is 3. The highest BCUT2D eigenvalue weighted by molar-refractivity contribution is 7.94. The molecule has 0 bridgehead atoms. The Bertz CT molecular complexity index is 1250. The number of allylic oxidation sites excluding steroid dienone is 2. The topological polar surface area (TPSA) is 139 Å². The van der Waals surface area contributed by atoms with Gasteiger partial charge in [-0.15, -0.1) is 5.10 Å². The maximum atomic E-state index is 12.5. The number of amides is 1. The molecule has 3 N–H and O–H groups in total. The van der Waals surface area contributed by atoms with E-state index in [0.717, 1.165) is 0 Å². The number of pyridine rings is 1. The van der Waals surface area contributed by atoms with E-state index in [-0.39, 0.29) is 32.1 Å². The standard InChI is InChI=1S/C22H29ClN6O4S/c1-13(25-6)15(11-24)34(31,32)28-20(30)14-7-8-17(26-19(14)23)29-10-9-18(27-29)33-12-16-21(2,3)22(16,4)5/h7-11,16,24-25H,12H2,1-6H3,(H,28,30)/b15-13+,24-11?. The molecule has 0 spiro atoms. The van der Waals surface area contributed by atoms with E-state index in [9.17, 15) is 13.2 Å². The van der Waals surface area contributed by atoms with Crippen molar-refractivity contribution in [2.75, 3.05) is 13.7 Å². The average molecular weight is 509 g/mol. The summed E-state index contributed by atoms with van der Waals surface area (Å²) in [6.07, 6.45) is 2.30. The van der Waals surface area contributed by atoms with Gasteiger partial charge in [0.25, 0.3) is 15.9 Å². The van der Waals surface area contributed by atoms with Crippen LogP contribution in [0.15, 0.2) is 35.0 Å². The summed E-state index contributed by atoms with van der Waals surface area (Å²) < 4.78 is 34.2. The fourth-order valence-corrected chi connectivity index (χ4v) is 5.25. The molecular weight excluding hydrogens is 480 g/mol. The molecule has 2 aromatic heterocycles. The molecule has 1 amide bonds. The Morgan fingerprint density at radius 2 is 1.91 bits per heavy atom. The highest BCUT2D eigenvalue weighted by atomic mass is 35.5. The third-order valence-electron chi connectivity index (χ3n) is 6.99. The molecule has 0 saturated heterocycles. The van der Waals surface area contributed by atoms with Crippen molar-refractivity contribution < 1.29 is 17.9 Å². The second-order valence-electron chi connectivity index (χ2n) is 9.23. The second-order valence-corrected chi connectivity index (χ2v) is 11.2. The molecule has 1 saturated carbocycles. The van der Waals surface area contributed by atoms with E-state index in [4.69, 9.17) is 21.7 Å². The van der Waals surface area contributed by atoms with Crippen molar-refractivity contribution in [3.63, 3.8) is 0 Å². The van der Waals surface area contributed by atoms with Crippen molar-refractivity contribution in [2.45, 2.75) is 34.6 Å². The number of halogens is 1. The second kappa shape index (κ2) is 9.03. The Morgan fingerprint density at radius 1 is 1.26 bits per heavy atom. The number of nitrogens with zero attached hydrogens (tertiary/aromatic N) is 3. The summed E-state index contributed by atoms with van der Waals surface area (Å²) in [6, 6.07) is 4.55. The van der Waals surface area contributed by atoms with Gasteiger partial charge in [0.2, 0.25) is 5.88 Å². The van der Waals surface area contributed by atoms with Crippen molar-refractivity contribution in [1.29, 1.82) is 5.41 Å². The molecule has 0 atom stereocenters. The summed E-state index contributed by atoms with van der Waals surface area (Å²) in [5, 5.41) is 14.1. The fraction of sp³-hybridized carbons (Fsp3) is 0.455. The first-order valence-corrected chi connectivity index (χ1v) is 12.4. The molecular formula is C22H29ClN6O4S. The first-order chi connectivity index (χ1) is 15.8. The number of hydrogen-bond donors (Lipinski definition) is 3. The summed E-state index contributed by atoms with van der Waals surface area (Å²) in [5.41, 5.74) is 0.480. The van der Waals surface area contributed by atoms with E-state index >= 15 is 0 Å². The van der Waals surface area contributed by atoms with Gasteiger partial charge < -0.3 is 15.5 Å². The number of carbonyl (C=O) groups is 1. The van der Waals surface area contributed by atoms with Crippen LogP contribution in [0.3, 0.4) is 0 Å². The molecule has 0 aliphatic heterocycles. The minimum atomic E-state index is -4.28. The molecule has 34 heavy (non-hydrogen) atoms. The SMILES string of the molecule is CN/C(C)=C(\C=N)S(=O)(=O)NC(=O)c1ccc(-n2ccc(OCC3C(C)(C)C3(C)C)n2)nc1Cl. The molecule has 184 valence electrons. The lowest BCUT2D eigenvalue weighted by atomic mass is 10.0. The normalized spacial score (nSPS) is 17.5. The molecule has 12 heteroatoms. The van der Waals surface area contributed by atoms with Crippen LogP contribution < -0.4 is 14.8 Å². The quantitative estimate of drug-likeness (QED) is 0.349. The number of hydrogen-bond acceptors (Lipinski definition) is 8. The monoisotopic (exact) mass is 508 g/mol. The van der Waals surface area contributed by atoms with E-state index in [0.29, 0.717) is 30.4 Å². The van der Waals surface area contributed by atoms with Gasteiger partial charge >= 0.3 is 0 Å². The number of ether oxygens (including phenoxy) is 1. The molecule has 2 heterocycles. The average Bonchev–Trinajstić information content (AvgIpc) is 3.05. The van der Waals surface area contributed by atoms with E-state index in [1.807, 2.05) is 4.72 Å². The number of nitrogens with one attached hydrogen (secondary N) is 3. The van der Waals surface area contributed by atoms with Crippen molar-refractivity contribution in [3.8, 4) is 11.7 Å². The van der Waals surface area contributed by atoms with Gasteiger partial charge in [0.05, 0.1) is 12.2 Å². The van der Waals surface area contributed by atoms with Gasteiger partial charge in [-0.1, -0.05) is 39.3 Å². The van der Waals surface area contributed by atoms with Gasteiger partial charge in [0, 0.05) is 37.1 Å². The van der Waals surface area contributed by atoms with Crippen molar-refractivity contribution >= 4 is 33.7 Å². The van der Waals surface area contributed by atoms with Crippen LogP contribution in [0, 0.1) is 22.2 Å². The molecule has 1 aliphatic carbocycles. The largest absolute Gasteiger partial charge is 0.476 e. The van der Waals surface area contributed by atoms with Gasteiger partial charge in [0.15, 0.2) is 5.82 Å². The molecule has 1 fully saturated rings. The zero-order valence-electron chi connectivity index (χ0n) is 19.9. The van der Waals surface area contributed by atoms with E-state index in [1.165, 1.54) is 30.8 Å². The van der Waals surface area contributed by atoms with Gasteiger partial charge in [0.1, 0.15) is 10.1 Å². The third-order valence-corrected chi connectivity index (χ3v) is 8.73. The summed E-state index contributed by atoms with van der Waals surface area (Å²) in [4.78, 5) is 16.3. The van der Waals surface area contributed by atoms with Crippen molar-refractivity contribution in [1.82, 2.24) is 24.8 Å². The number of sulfonamides is 1. The maximum absolute atomic E-state index is 12.5. The van der Waals surface area contributed by atoms with E-state index in [2.05, 4.69) is 43.1 Å². The van der Waals surface area contributed by atoms with Crippen molar-refractivity contribution in [3.05, 3.63) is 45.7 Å². The Hall–Kier alpha value is -2.92. The third kappa shape index (κ3) is 4.67. The van der Waals surface area contributed by atoms with Crippen LogP contribution in [0.1, 0.15) is 45.0 Å². The highest BCUT2D eigenvalue weighted by Gasteiger charge is 2.64. The summed E-state index contributed by atoms with van der Waals surface area (Å²) in [5.74, 6) is 0.228. The molecule has 1 aliphatic rings. The van der Waals surface area contributed by atoms with Crippen LogP contribution in [-0.4, -0.2) is 49.0 Å². The zero-order chi connectivity index (χ0) is 25.5. The summed E-state index contributed by atoms with van der Waals surface area (Å²) in [7, 11) is -2.77. The number of carbonyl (C=O) groups excluding carboxylic acids is 1. The van der Waals surface area contributed by atoms with Crippen LogP contribution in [0.25, 0.3) is 5.82 Å². The molecule has 0 unspecified atom stereocenters. The van der Waals surface area contributed by atoms with Crippen molar-refractivity contribution in [2.24, 2.45) is 16.7 Å². The zero-order valence-corrected chi connectivity index (χ0v) is 21.5. The van der Waals surface area contributed by atoms with Crippen LogP contribution >= 0.6 is 11.6 Å². The Balaban J connectivity index is 1.72. The maximum Gasteiger partial charge on any atom is 0.268 e. The number of rotatable bonds is 9. The van der Waals surface area contributed by atoms with E-state index in [1.54, 1.807) is 12.3 Å². The Kier molecular flexibility index (Phi) is 6.82. The lowest BCUT2D eigenvalue weighted by molar-refractivity contribution is 0.0981. The first-order valence-electron chi connectivity index (χ1n) is 10.6. The predicted molar refractivity (Wildman–Crippen MR) is 130 cm³/mol. The molecule has 3 rings (SSSR count). The van der Waals surface area contributed by atoms with Crippen LogP contribution in [-0.2, 0) is 10.0 Å². The lowest BCUT2D eigenvalue weighted by Crippen LogP contribution is -2.33. The first kappa shape index (κ1) is 25.7. The smallest absolute Gasteiger partial charge is 0.268 e. The summed E-state index contributed by atoms with van der Waals surface area (Å²) >= 11 is 6.18. The van der Waals surface area contributed by atoms with Gasteiger partial charge in [-0.25, -0.2) is 22.8 Å². The highest BCUT2D eigenvalue weighted by Crippen LogP contribution is 2.68. The molecule has 0 radical (unpaired) electrons. The van der Waals surface area contributed by atoms with Crippen LogP contribution in [0.4, 0.5) is 0 Å². The minimum absolute atomic E-state index is 0.137. The van der Waals surface area contributed by atoms with E-state index < -0.39 is 15.9 Å². The molecule has 10 nitrogen and oxygen atoms in total. The summed E-state index contributed by atoms with van der Waals surface area (Å²) in [6.45, 7) is 10.9. The molecule has 2 aromatic rings. The minimum Gasteiger partial charge on any atom is -0.476 e. The predicted octanol–water partition coefficient (Wildman–Crippen LogP) is 3.14. The fourth-order valence-electron chi connectivity index (χ4n) is 3.89. The van der Waals surface area contributed by atoms with Gasteiger partial charge in [-0.2, -0.15) is 0 Å². The van der Waals surface area contributed by atoms with Crippen LogP contribution in [0.5, 0.6) is 5.88 Å².